The maximum Gasteiger partial charge on any atom is 0.149 e. The number of hydrogen-bond acceptors (Lipinski definition) is 4. The topological polar surface area (TPSA) is 58.4 Å². The van der Waals surface area contributed by atoms with Crippen LogP contribution in [-0.2, 0) is 4.79 Å². The Labute approximate surface area is 93.1 Å². The molecule has 0 aliphatic rings. The van der Waals surface area contributed by atoms with Crippen LogP contribution in [0, 0.1) is 5.92 Å². The molecule has 0 fully saturated rings. The Morgan fingerprint density at radius 2 is 2.07 bits per heavy atom. The van der Waals surface area contributed by atoms with Crippen LogP contribution in [0.15, 0.2) is 0 Å². The zero-order valence-electron chi connectivity index (χ0n) is 10.4. The number of carbonyl (C=O) groups is 1. The van der Waals surface area contributed by atoms with Crippen molar-refractivity contribution in [1.29, 1.82) is 0 Å². The summed E-state index contributed by atoms with van der Waals surface area (Å²) in [6.45, 7) is 8.76. The molecular formula is C11H25N3O. The van der Waals surface area contributed by atoms with Crippen molar-refractivity contribution in [3.8, 4) is 0 Å². The molecule has 0 radical (unpaired) electrons. The van der Waals surface area contributed by atoms with Gasteiger partial charge < -0.3 is 0 Å². The summed E-state index contributed by atoms with van der Waals surface area (Å²) in [6.07, 6.45) is 2.88. The molecule has 0 saturated heterocycles. The standard InChI is InChI=1S/C11H25N3O/c1-5-7-11(10(4)15)14(12)13-8-9(3)6-2/h9,11,13H,5-8,12H2,1-4H3. The van der Waals surface area contributed by atoms with Gasteiger partial charge >= 0.3 is 0 Å². The van der Waals surface area contributed by atoms with Gasteiger partial charge in [0.15, 0.2) is 0 Å². The molecule has 0 bridgehead atoms. The molecule has 0 aromatic carbocycles. The summed E-state index contributed by atoms with van der Waals surface area (Å²) in [5.41, 5.74) is 3.09. The minimum Gasteiger partial charge on any atom is -0.298 e. The predicted molar refractivity (Wildman–Crippen MR) is 62.9 cm³/mol. The minimum atomic E-state index is -0.195. The minimum absolute atomic E-state index is 0.121. The van der Waals surface area contributed by atoms with E-state index >= 15 is 0 Å². The molecule has 0 aromatic rings. The maximum absolute atomic E-state index is 11.3. The molecule has 0 saturated carbocycles. The second-order valence-electron chi connectivity index (χ2n) is 4.20. The highest BCUT2D eigenvalue weighted by Crippen LogP contribution is 2.04. The van der Waals surface area contributed by atoms with Crippen LogP contribution < -0.4 is 11.3 Å². The van der Waals surface area contributed by atoms with E-state index < -0.39 is 0 Å². The average molecular weight is 215 g/mol. The van der Waals surface area contributed by atoms with Crippen LogP contribution in [0.3, 0.4) is 0 Å². The van der Waals surface area contributed by atoms with Crippen molar-refractivity contribution in [3.05, 3.63) is 0 Å². The summed E-state index contributed by atoms with van der Waals surface area (Å²) < 4.78 is 0. The van der Waals surface area contributed by atoms with Gasteiger partial charge in [0.2, 0.25) is 0 Å². The van der Waals surface area contributed by atoms with Crippen LogP contribution >= 0.6 is 0 Å². The summed E-state index contributed by atoms with van der Waals surface area (Å²) in [7, 11) is 0. The number of Topliss-reactive ketones (excluding diaryl/α,β-unsaturated/α-hetero) is 1. The molecule has 2 unspecified atom stereocenters. The highest BCUT2D eigenvalue weighted by Gasteiger charge is 2.19. The van der Waals surface area contributed by atoms with E-state index in [4.69, 9.17) is 5.84 Å². The zero-order chi connectivity index (χ0) is 11.8. The third kappa shape index (κ3) is 5.87. The summed E-state index contributed by atoms with van der Waals surface area (Å²) >= 11 is 0. The molecule has 2 atom stereocenters. The lowest BCUT2D eigenvalue weighted by molar-refractivity contribution is -0.124. The summed E-state index contributed by atoms with van der Waals surface area (Å²) in [5, 5.41) is 1.47. The maximum atomic E-state index is 11.3. The first-order valence-corrected chi connectivity index (χ1v) is 5.80. The molecule has 0 aliphatic carbocycles. The van der Waals surface area contributed by atoms with Crippen molar-refractivity contribution < 1.29 is 4.79 Å². The molecule has 0 amide bonds. The Morgan fingerprint density at radius 3 is 2.47 bits per heavy atom. The predicted octanol–water partition coefficient (Wildman–Crippen LogP) is 1.47. The number of rotatable bonds is 8. The van der Waals surface area contributed by atoms with E-state index in [1.807, 2.05) is 0 Å². The van der Waals surface area contributed by atoms with Gasteiger partial charge in [0.25, 0.3) is 0 Å². The van der Waals surface area contributed by atoms with E-state index in [0.29, 0.717) is 5.92 Å². The Balaban J connectivity index is 4.02. The van der Waals surface area contributed by atoms with Crippen molar-refractivity contribution in [2.45, 2.75) is 53.0 Å². The van der Waals surface area contributed by atoms with Crippen molar-refractivity contribution in [2.24, 2.45) is 11.8 Å². The SMILES string of the molecule is CCCC(C(C)=O)N(N)NCC(C)CC. The van der Waals surface area contributed by atoms with E-state index in [2.05, 4.69) is 26.2 Å². The van der Waals surface area contributed by atoms with Crippen molar-refractivity contribution in [2.75, 3.05) is 6.54 Å². The first-order valence-electron chi connectivity index (χ1n) is 5.80. The molecule has 0 rings (SSSR count). The lowest BCUT2D eigenvalue weighted by Gasteiger charge is -2.26. The van der Waals surface area contributed by atoms with Crippen LogP contribution in [-0.4, -0.2) is 23.5 Å². The van der Waals surface area contributed by atoms with Crippen molar-refractivity contribution in [1.82, 2.24) is 10.5 Å². The Hall–Kier alpha value is -0.450. The smallest absolute Gasteiger partial charge is 0.149 e. The second-order valence-corrected chi connectivity index (χ2v) is 4.20. The van der Waals surface area contributed by atoms with Crippen LogP contribution in [0.25, 0.3) is 0 Å². The third-order valence-corrected chi connectivity index (χ3v) is 2.69. The quantitative estimate of drug-likeness (QED) is 0.475. The molecule has 0 heterocycles. The molecule has 0 aliphatic heterocycles. The number of hydrazine groups is 2. The molecular weight excluding hydrogens is 190 g/mol. The van der Waals surface area contributed by atoms with Gasteiger partial charge in [-0.15, -0.1) is 0 Å². The summed E-state index contributed by atoms with van der Waals surface area (Å²) in [5.74, 6) is 6.50. The number of nitrogens with one attached hydrogen (secondary N) is 1. The molecule has 0 aromatic heterocycles. The lowest BCUT2D eigenvalue weighted by atomic mass is 10.1. The van der Waals surface area contributed by atoms with Gasteiger partial charge in [-0.25, -0.2) is 5.43 Å². The molecule has 90 valence electrons. The van der Waals surface area contributed by atoms with Crippen LogP contribution in [0.4, 0.5) is 0 Å². The average Bonchev–Trinajstić information content (AvgIpc) is 2.21. The van der Waals surface area contributed by atoms with Gasteiger partial charge in [-0.2, -0.15) is 5.12 Å². The van der Waals surface area contributed by atoms with E-state index in [1.165, 1.54) is 5.12 Å². The number of nitrogens with zero attached hydrogens (tertiary/aromatic N) is 1. The van der Waals surface area contributed by atoms with Gasteiger partial charge in [-0.05, 0) is 19.3 Å². The largest absolute Gasteiger partial charge is 0.298 e. The zero-order valence-corrected chi connectivity index (χ0v) is 10.4. The molecule has 4 heteroatoms. The van der Waals surface area contributed by atoms with Crippen LogP contribution in [0.5, 0.6) is 0 Å². The highest BCUT2D eigenvalue weighted by molar-refractivity contribution is 5.81. The second kappa shape index (κ2) is 7.79. The summed E-state index contributed by atoms with van der Waals surface area (Å²) in [6, 6.07) is -0.195. The van der Waals surface area contributed by atoms with Gasteiger partial charge in [0, 0.05) is 6.54 Å². The van der Waals surface area contributed by atoms with E-state index in [1.54, 1.807) is 6.92 Å². The third-order valence-electron chi connectivity index (χ3n) is 2.69. The fraction of sp³-hybridized carbons (Fsp3) is 0.909. The van der Waals surface area contributed by atoms with Gasteiger partial charge in [-0.1, -0.05) is 33.6 Å². The molecule has 15 heavy (non-hydrogen) atoms. The first kappa shape index (κ1) is 14.6. The van der Waals surface area contributed by atoms with Crippen LogP contribution in [0.1, 0.15) is 47.0 Å². The molecule has 4 nitrogen and oxygen atoms in total. The lowest BCUT2D eigenvalue weighted by Crippen LogP contribution is -2.54. The Bertz CT molecular complexity index is 185. The first-order chi connectivity index (χ1) is 7.02. The fourth-order valence-corrected chi connectivity index (χ4v) is 1.33. The van der Waals surface area contributed by atoms with E-state index in [-0.39, 0.29) is 11.8 Å². The monoisotopic (exact) mass is 215 g/mol. The Morgan fingerprint density at radius 1 is 1.47 bits per heavy atom. The van der Waals surface area contributed by atoms with Gasteiger partial charge in [0.05, 0.1) is 6.04 Å². The highest BCUT2D eigenvalue weighted by atomic mass is 16.1. The molecule has 0 spiro atoms. The fourth-order valence-electron chi connectivity index (χ4n) is 1.33. The number of carbonyl (C=O) groups excluding carboxylic acids is 1. The van der Waals surface area contributed by atoms with Crippen molar-refractivity contribution >= 4 is 5.78 Å². The number of nitrogens with two attached hydrogens (primary N) is 1. The normalized spacial score (nSPS) is 15.3. The molecule has 3 N–H and O–H groups in total. The van der Waals surface area contributed by atoms with E-state index in [9.17, 15) is 4.79 Å². The van der Waals surface area contributed by atoms with Crippen LogP contribution in [0.2, 0.25) is 0 Å². The van der Waals surface area contributed by atoms with Gasteiger partial charge in [0.1, 0.15) is 5.78 Å². The summed E-state index contributed by atoms with van der Waals surface area (Å²) in [4.78, 5) is 11.3. The van der Waals surface area contributed by atoms with E-state index in [0.717, 1.165) is 25.8 Å². The number of hydrogen-bond donors (Lipinski definition) is 2. The number of ketones is 1. The van der Waals surface area contributed by atoms with Crippen molar-refractivity contribution in [3.63, 3.8) is 0 Å². The van der Waals surface area contributed by atoms with Gasteiger partial charge in [-0.3, -0.25) is 10.6 Å². The Kier molecular flexibility index (Phi) is 7.56.